The fourth-order valence-corrected chi connectivity index (χ4v) is 5.28. The summed E-state index contributed by atoms with van der Waals surface area (Å²) in [5, 5.41) is 4.24. The van der Waals surface area contributed by atoms with Crippen molar-refractivity contribution in [2.45, 2.75) is 0 Å². The molecule has 0 saturated carbocycles. The highest BCUT2D eigenvalue weighted by Gasteiger charge is 2.23. The van der Waals surface area contributed by atoms with Gasteiger partial charge in [-0.3, -0.25) is 0 Å². The third-order valence-electron chi connectivity index (χ3n) is 6.64. The van der Waals surface area contributed by atoms with Gasteiger partial charge in [-0.2, -0.15) is 0 Å². The predicted molar refractivity (Wildman–Crippen MR) is 132 cm³/mol. The standard InChI is InChI=1S/C29H16N2O2/c1-2-7-17(8-3-1)18-9-4-10-19(15-18)31-20-11-5-13-22-25(20)27-24(32-22)16-30-29-28(27)26-21(31)12-6-14-23(26)33-29/h1-16H. The quantitative estimate of drug-likeness (QED) is 0.283. The zero-order valence-electron chi connectivity index (χ0n) is 17.4. The van der Waals surface area contributed by atoms with Crippen molar-refractivity contribution in [2.75, 3.05) is 0 Å². The van der Waals surface area contributed by atoms with Crippen molar-refractivity contribution in [3.8, 4) is 16.8 Å². The zero-order valence-corrected chi connectivity index (χ0v) is 17.4. The minimum Gasteiger partial charge on any atom is -0.454 e. The van der Waals surface area contributed by atoms with Crippen molar-refractivity contribution in [3.63, 3.8) is 0 Å². The van der Waals surface area contributed by atoms with Crippen molar-refractivity contribution < 1.29 is 8.83 Å². The molecule has 8 aromatic rings. The summed E-state index contributed by atoms with van der Waals surface area (Å²) in [4.78, 5) is 4.58. The van der Waals surface area contributed by atoms with Crippen LogP contribution in [0.4, 0.5) is 0 Å². The van der Waals surface area contributed by atoms with Crippen LogP contribution in [0.1, 0.15) is 0 Å². The second-order valence-corrected chi connectivity index (χ2v) is 8.43. The van der Waals surface area contributed by atoms with Crippen LogP contribution in [0.2, 0.25) is 0 Å². The minimum atomic E-state index is 0.641. The monoisotopic (exact) mass is 424 g/mol. The van der Waals surface area contributed by atoms with Crippen molar-refractivity contribution in [1.82, 2.24) is 9.55 Å². The largest absolute Gasteiger partial charge is 0.454 e. The average Bonchev–Trinajstić information content (AvgIpc) is 3.39. The van der Waals surface area contributed by atoms with E-state index in [1.54, 1.807) is 6.20 Å². The lowest BCUT2D eigenvalue weighted by Crippen LogP contribution is -1.97. The van der Waals surface area contributed by atoms with E-state index in [-0.39, 0.29) is 0 Å². The molecule has 0 aliphatic heterocycles. The summed E-state index contributed by atoms with van der Waals surface area (Å²) < 4.78 is 14.7. The highest BCUT2D eigenvalue weighted by molar-refractivity contribution is 6.31. The molecule has 4 heteroatoms. The van der Waals surface area contributed by atoms with Gasteiger partial charge in [-0.1, -0.05) is 54.6 Å². The van der Waals surface area contributed by atoms with E-state index in [1.165, 1.54) is 11.1 Å². The number of nitrogens with zero attached hydrogens (tertiary/aromatic N) is 2. The molecule has 154 valence electrons. The summed E-state index contributed by atoms with van der Waals surface area (Å²) >= 11 is 0. The first-order valence-electron chi connectivity index (χ1n) is 11.0. The van der Waals surface area contributed by atoms with E-state index in [0.717, 1.165) is 55.0 Å². The Bertz CT molecular complexity index is 1870. The van der Waals surface area contributed by atoms with Gasteiger partial charge in [0.15, 0.2) is 5.58 Å². The maximum Gasteiger partial charge on any atom is 0.228 e. The Morgan fingerprint density at radius 2 is 1.24 bits per heavy atom. The molecule has 0 saturated heterocycles. The molecule has 0 aliphatic carbocycles. The normalized spacial score (nSPS) is 12.2. The number of furan rings is 2. The lowest BCUT2D eigenvalue weighted by Gasteiger charge is -2.13. The predicted octanol–water partition coefficient (Wildman–Crippen LogP) is 7.93. The summed E-state index contributed by atoms with van der Waals surface area (Å²) in [7, 11) is 0. The number of pyridine rings is 1. The number of aromatic nitrogens is 2. The van der Waals surface area contributed by atoms with Gasteiger partial charge in [0.25, 0.3) is 0 Å². The molecule has 0 atom stereocenters. The van der Waals surface area contributed by atoms with E-state index in [9.17, 15) is 0 Å². The van der Waals surface area contributed by atoms with Crippen LogP contribution in [0.15, 0.2) is 106 Å². The van der Waals surface area contributed by atoms with Crippen LogP contribution in [0.25, 0.3) is 71.9 Å². The molecule has 0 radical (unpaired) electrons. The molecule has 4 aromatic carbocycles. The van der Waals surface area contributed by atoms with Gasteiger partial charge in [0.05, 0.1) is 33.4 Å². The third kappa shape index (κ3) is 2.17. The topological polar surface area (TPSA) is 44.1 Å². The lowest BCUT2D eigenvalue weighted by atomic mass is 10.0. The smallest absolute Gasteiger partial charge is 0.228 e. The molecule has 0 fully saturated rings. The minimum absolute atomic E-state index is 0.641. The first kappa shape index (κ1) is 17.0. The van der Waals surface area contributed by atoms with Gasteiger partial charge in [-0.25, -0.2) is 4.98 Å². The van der Waals surface area contributed by atoms with Crippen molar-refractivity contribution in [2.24, 2.45) is 0 Å². The van der Waals surface area contributed by atoms with Gasteiger partial charge in [0.2, 0.25) is 5.71 Å². The molecule has 0 spiro atoms. The zero-order chi connectivity index (χ0) is 21.5. The van der Waals surface area contributed by atoms with Crippen molar-refractivity contribution in [1.29, 1.82) is 0 Å². The first-order valence-corrected chi connectivity index (χ1v) is 11.0. The summed E-state index contributed by atoms with van der Waals surface area (Å²) in [6.07, 6.45) is 1.77. The fourth-order valence-electron chi connectivity index (χ4n) is 5.28. The van der Waals surface area contributed by atoms with Gasteiger partial charge < -0.3 is 13.4 Å². The van der Waals surface area contributed by atoms with Gasteiger partial charge in [0, 0.05) is 11.1 Å². The van der Waals surface area contributed by atoms with Gasteiger partial charge in [-0.15, -0.1) is 0 Å². The Labute approximate surface area is 187 Å². The lowest BCUT2D eigenvalue weighted by molar-refractivity contribution is 0.648. The summed E-state index contributed by atoms with van der Waals surface area (Å²) in [5.41, 5.74) is 8.71. The van der Waals surface area contributed by atoms with E-state index >= 15 is 0 Å². The number of hydrogen-bond acceptors (Lipinski definition) is 3. The highest BCUT2D eigenvalue weighted by atomic mass is 16.3. The van der Waals surface area contributed by atoms with Gasteiger partial charge in [0.1, 0.15) is 11.2 Å². The van der Waals surface area contributed by atoms with Crippen LogP contribution in [0, 0.1) is 0 Å². The molecule has 0 amide bonds. The van der Waals surface area contributed by atoms with Crippen LogP contribution in [-0.2, 0) is 0 Å². The van der Waals surface area contributed by atoms with Crippen molar-refractivity contribution >= 4 is 55.0 Å². The molecule has 0 N–H and O–H groups in total. The first-order chi connectivity index (χ1) is 16.4. The molecular formula is C29H16N2O2. The fraction of sp³-hybridized carbons (Fsp3) is 0. The van der Waals surface area contributed by atoms with Gasteiger partial charge >= 0.3 is 0 Å². The second-order valence-electron chi connectivity index (χ2n) is 8.43. The summed E-state index contributed by atoms with van der Waals surface area (Å²) in [6, 6.07) is 31.6. The Balaban J connectivity index is 1.63. The molecule has 0 aliphatic rings. The summed E-state index contributed by atoms with van der Waals surface area (Å²) in [6.45, 7) is 0. The Kier molecular flexibility index (Phi) is 3.11. The molecule has 4 heterocycles. The average molecular weight is 424 g/mol. The van der Waals surface area contributed by atoms with E-state index in [4.69, 9.17) is 8.83 Å². The molecule has 0 bridgehead atoms. The molecule has 4 nitrogen and oxygen atoms in total. The van der Waals surface area contributed by atoms with Crippen LogP contribution >= 0.6 is 0 Å². The van der Waals surface area contributed by atoms with E-state index in [2.05, 4.69) is 76.3 Å². The maximum atomic E-state index is 6.24. The molecule has 33 heavy (non-hydrogen) atoms. The van der Waals surface area contributed by atoms with Crippen LogP contribution in [0.5, 0.6) is 0 Å². The Morgan fingerprint density at radius 3 is 2.06 bits per heavy atom. The number of rotatable bonds is 2. The molecular weight excluding hydrogens is 408 g/mol. The SMILES string of the molecule is c1ccc(-c2cccc(-n3c4cccc5oc6cnc7oc8cccc3c8c7c6c54)c2)cc1. The summed E-state index contributed by atoms with van der Waals surface area (Å²) in [5.74, 6) is 0. The van der Waals surface area contributed by atoms with Crippen LogP contribution in [0.3, 0.4) is 0 Å². The maximum absolute atomic E-state index is 6.24. The Hall–Kier alpha value is -4.57. The van der Waals surface area contributed by atoms with Crippen molar-refractivity contribution in [3.05, 3.63) is 97.2 Å². The highest BCUT2D eigenvalue weighted by Crippen LogP contribution is 2.44. The number of hydrogen-bond donors (Lipinski definition) is 0. The van der Waals surface area contributed by atoms with Gasteiger partial charge in [-0.05, 0) is 47.5 Å². The van der Waals surface area contributed by atoms with E-state index < -0.39 is 0 Å². The van der Waals surface area contributed by atoms with E-state index in [0.29, 0.717) is 5.71 Å². The number of benzene rings is 4. The molecule has 0 unspecified atom stereocenters. The molecule has 8 rings (SSSR count). The Morgan fingerprint density at radius 1 is 0.545 bits per heavy atom. The van der Waals surface area contributed by atoms with Crippen LogP contribution < -0.4 is 0 Å². The van der Waals surface area contributed by atoms with Crippen LogP contribution in [-0.4, -0.2) is 9.55 Å². The third-order valence-corrected chi connectivity index (χ3v) is 6.64. The second kappa shape index (κ2) is 6.02. The van der Waals surface area contributed by atoms with E-state index in [1.807, 2.05) is 24.3 Å². The molecule has 4 aromatic heterocycles.